The van der Waals surface area contributed by atoms with Crippen molar-refractivity contribution in [2.45, 2.75) is 0 Å². The lowest BCUT2D eigenvalue weighted by molar-refractivity contribution is 0.0858. The van der Waals surface area contributed by atoms with Gasteiger partial charge in [0.25, 0.3) is 5.91 Å². The molecule has 0 aliphatic carbocycles. The number of halogens is 3. The summed E-state index contributed by atoms with van der Waals surface area (Å²) in [6.07, 6.45) is 0. The largest absolute Gasteiger partial charge is 0.291 e. The summed E-state index contributed by atoms with van der Waals surface area (Å²) >= 11 is 17.9. The molecule has 0 radical (unpaired) electrons. The minimum absolute atomic E-state index is 0.158. The lowest BCUT2D eigenvalue weighted by Gasteiger charge is -2.19. The highest BCUT2D eigenvalue weighted by molar-refractivity contribution is 6.42. The Kier molecular flexibility index (Phi) is 4.39. The highest BCUT2D eigenvalue weighted by Gasteiger charge is 2.26. The van der Waals surface area contributed by atoms with Crippen LogP contribution in [0.15, 0.2) is 47.5 Å². The van der Waals surface area contributed by atoms with Crippen molar-refractivity contribution in [3.05, 3.63) is 68.7 Å². The van der Waals surface area contributed by atoms with Crippen molar-refractivity contribution < 1.29 is 4.79 Å². The third-order valence-corrected chi connectivity index (χ3v) is 4.31. The van der Waals surface area contributed by atoms with Crippen molar-refractivity contribution in [2.24, 2.45) is 4.99 Å². The lowest BCUT2D eigenvalue weighted by atomic mass is 10.1. The Labute approximate surface area is 143 Å². The molecule has 3 rings (SSSR count). The molecule has 0 unspecified atom stereocenters. The van der Waals surface area contributed by atoms with E-state index in [4.69, 9.17) is 34.8 Å². The Bertz CT molecular complexity index is 774. The molecule has 0 aromatic heterocycles. The van der Waals surface area contributed by atoms with Crippen LogP contribution in [-0.2, 0) is 0 Å². The molecule has 3 nitrogen and oxygen atoms in total. The second-order valence-electron chi connectivity index (χ2n) is 4.80. The van der Waals surface area contributed by atoms with Crippen LogP contribution >= 0.6 is 34.8 Å². The minimum Gasteiger partial charge on any atom is -0.291 e. The molecule has 1 heterocycles. The number of aliphatic imine (C=N–C) groups is 1. The van der Waals surface area contributed by atoms with Crippen LogP contribution in [0.4, 0.5) is 0 Å². The van der Waals surface area contributed by atoms with Crippen LogP contribution in [-0.4, -0.2) is 29.7 Å². The molecule has 2 aromatic carbocycles. The number of amides is 1. The standard InChI is InChI=1S/C16H11Cl3N2O/c17-12-3-1-2-10(8-12)15-20-6-7-21(15)16(22)11-4-5-13(18)14(19)9-11/h1-5,8-9H,6-7H2. The molecule has 2 aromatic rings. The molecular weight excluding hydrogens is 343 g/mol. The smallest absolute Gasteiger partial charge is 0.259 e. The summed E-state index contributed by atoms with van der Waals surface area (Å²) < 4.78 is 0. The van der Waals surface area contributed by atoms with E-state index in [2.05, 4.69) is 4.99 Å². The maximum atomic E-state index is 12.7. The maximum Gasteiger partial charge on any atom is 0.259 e. The van der Waals surface area contributed by atoms with Gasteiger partial charge in [-0.15, -0.1) is 0 Å². The first kappa shape index (κ1) is 15.3. The van der Waals surface area contributed by atoms with Gasteiger partial charge in [-0.05, 0) is 30.3 Å². The number of hydrogen-bond donors (Lipinski definition) is 0. The predicted octanol–water partition coefficient (Wildman–Crippen LogP) is 4.55. The summed E-state index contributed by atoms with van der Waals surface area (Å²) in [4.78, 5) is 18.7. The summed E-state index contributed by atoms with van der Waals surface area (Å²) in [5.74, 6) is 0.466. The van der Waals surface area contributed by atoms with E-state index in [1.807, 2.05) is 12.1 Å². The summed E-state index contributed by atoms with van der Waals surface area (Å²) in [5, 5.41) is 1.38. The topological polar surface area (TPSA) is 32.7 Å². The van der Waals surface area contributed by atoms with E-state index in [1.165, 1.54) is 0 Å². The zero-order valence-electron chi connectivity index (χ0n) is 11.4. The quantitative estimate of drug-likeness (QED) is 0.779. The number of benzene rings is 2. The van der Waals surface area contributed by atoms with Crippen LogP contribution < -0.4 is 0 Å². The van der Waals surface area contributed by atoms with E-state index in [9.17, 15) is 4.79 Å². The summed E-state index contributed by atoms with van der Waals surface area (Å²) in [7, 11) is 0. The van der Waals surface area contributed by atoms with Crippen LogP contribution in [0.1, 0.15) is 15.9 Å². The van der Waals surface area contributed by atoms with Gasteiger partial charge >= 0.3 is 0 Å². The predicted molar refractivity (Wildman–Crippen MR) is 90.4 cm³/mol. The summed E-state index contributed by atoms with van der Waals surface area (Å²) in [6.45, 7) is 1.09. The van der Waals surface area contributed by atoms with Gasteiger partial charge < -0.3 is 0 Å². The van der Waals surface area contributed by atoms with Gasteiger partial charge in [-0.2, -0.15) is 0 Å². The first-order valence-corrected chi connectivity index (χ1v) is 7.77. The molecule has 0 saturated heterocycles. The normalized spacial score (nSPS) is 14.1. The van der Waals surface area contributed by atoms with Crippen molar-refractivity contribution in [1.82, 2.24) is 4.90 Å². The van der Waals surface area contributed by atoms with Crippen LogP contribution in [0.5, 0.6) is 0 Å². The molecular formula is C16H11Cl3N2O. The molecule has 0 atom stereocenters. The monoisotopic (exact) mass is 352 g/mol. The molecule has 0 bridgehead atoms. The molecule has 0 saturated carbocycles. The van der Waals surface area contributed by atoms with Gasteiger partial charge in [0, 0.05) is 22.7 Å². The SMILES string of the molecule is O=C(c1ccc(Cl)c(Cl)c1)N1CCN=C1c1cccc(Cl)c1. The van der Waals surface area contributed by atoms with Crippen LogP contribution in [0.2, 0.25) is 15.1 Å². The third-order valence-electron chi connectivity index (χ3n) is 3.34. The number of amidine groups is 1. The van der Waals surface area contributed by atoms with E-state index in [0.717, 1.165) is 5.56 Å². The third kappa shape index (κ3) is 2.98. The van der Waals surface area contributed by atoms with Crippen LogP contribution in [0.3, 0.4) is 0 Å². The van der Waals surface area contributed by atoms with E-state index in [0.29, 0.717) is 39.6 Å². The molecule has 0 fully saturated rings. The minimum atomic E-state index is -0.158. The zero-order valence-corrected chi connectivity index (χ0v) is 13.7. The van der Waals surface area contributed by atoms with Crippen LogP contribution in [0, 0.1) is 0 Å². The fourth-order valence-electron chi connectivity index (χ4n) is 2.30. The molecule has 22 heavy (non-hydrogen) atoms. The highest BCUT2D eigenvalue weighted by atomic mass is 35.5. The first-order valence-electron chi connectivity index (χ1n) is 6.63. The number of hydrogen-bond acceptors (Lipinski definition) is 2. The van der Waals surface area contributed by atoms with Crippen molar-refractivity contribution >= 4 is 46.5 Å². The molecule has 6 heteroatoms. The Morgan fingerprint density at radius 1 is 1.05 bits per heavy atom. The van der Waals surface area contributed by atoms with Gasteiger partial charge in [-0.25, -0.2) is 0 Å². The number of nitrogens with zero attached hydrogens (tertiary/aromatic N) is 2. The van der Waals surface area contributed by atoms with Crippen LogP contribution in [0.25, 0.3) is 0 Å². The van der Waals surface area contributed by atoms with Gasteiger partial charge in [0.1, 0.15) is 5.84 Å². The van der Waals surface area contributed by atoms with E-state index >= 15 is 0 Å². The Hall–Kier alpha value is -1.55. The summed E-state index contributed by atoms with van der Waals surface area (Å²) in [6, 6.07) is 12.1. The average Bonchev–Trinajstić information content (AvgIpc) is 2.99. The Balaban J connectivity index is 1.92. The number of carbonyl (C=O) groups is 1. The number of carbonyl (C=O) groups excluding carboxylic acids is 1. The molecule has 1 aliphatic heterocycles. The van der Waals surface area contributed by atoms with Crippen molar-refractivity contribution in [3.63, 3.8) is 0 Å². The van der Waals surface area contributed by atoms with Gasteiger partial charge in [0.15, 0.2) is 0 Å². The molecule has 1 amide bonds. The van der Waals surface area contributed by atoms with Crippen molar-refractivity contribution in [3.8, 4) is 0 Å². The van der Waals surface area contributed by atoms with Gasteiger partial charge in [-0.3, -0.25) is 14.7 Å². The number of rotatable bonds is 2. The highest BCUT2D eigenvalue weighted by Crippen LogP contribution is 2.24. The van der Waals surface area contributed by atoms with Crippen molar-refractivity contribution in [1.29, 1.82) is 0 Å². The second kappa shape index (κ2) is 6.29. The molecule has 0 spiro atoms. The van der Waals surface area contributed by atoms with Gasteiger partial charge in [-0.1, -0.05) is 46.9 Å². The lowest BCUT2D eigenvalue weighted by Crippen LogP contribution is -2.34. The van der Waals surface area contributed by atoms with Gasteiger partial charge in [0.05, 0.1) is 16.6 Å². The van der Waals surface area contributed by atoms with Gasteiger partial charge in [0.2, 0.25) is 0 Å². The first-order chi connectivity index (χ1) is 10.6. The van der Waals surface area contributed by atoms with E-state index in [1.54, 1.807) is 35.2 Å². The fourth-order valence-corrected chi connectivity index (χ4v) is 2.79. The molecule has 0 N–H and O–H groups in total. The fraction of sp³-hybridized carbons (Fsp3) is 0.125. The average molecular weight is 354 g/mol. The molecule has 1 aliphatic rings. The Morgan fingerprint density at radius 2 is 1.86 bits per heavy atom. The van der Waals surface area contributed by atoms with Crippen molar-refractivity contribution in [2.75, 3.05) is 13.1 Å². The Morgan fingerprint density at radius 3 is 2.59 bits per heavy atom. The van der Waals surface area contributed by atoms with E-state index < -0.39 is 0 Å². The second-order valence-corrected chi connectivity index (χ2v) is 6.05. The molecule has 112 valence electrons. The zero-order chi connectivity index (χ0) is 15.7. The maximum absolute atomic E-state index is 12.7. The van der Waals surface area contributed by atoms with E-state index in [-0.39, 0.29) is 5.91 Å². The summed E-state index contributed by atoms with van der Waals surface area (Å²) in [5.41, 5.74) is 1.30.